The summed E-state index contributed by atoms with van der Waals surface area (Å²) >= 11 is 0. The number of aromatic nitrogens is 2. The van der Waals surface area contributed by atoms with E-state index < -0.39 is 0 Å². The van der Waals surface area contributed by atoms with Crippen LogP contribution in [0, 0.1) is 6.92 Å². The molecule has 0 spiro atoms. The third kappa shape index (κ3) is 7.12. The van der Waals surface area contributed by atoms with Gasteiger partial charge in [0.1, 0.15) is 6.21 Å². The predicted octanol–water partition coefficient (Wildman–Crippen LogP) is -3.75. The zero-order valence-corrected chi connectivity index (χ0v) is 20.1. The number of oxime groups is 1. The molecule has 8 heteroatoms. The molecule has 152 valence electrons. The molecule has 2 heterocycles. The average molecular weight is 617 g/mol. The second-order valence-corrected chi connectivity index (χ2v) is 6.11. The molecule has 0 aliphatic carbocycles. The summed E-state index contributed by atoms with van der Waals surface area (Å²) in [5.41, 5.74) is 3.04. The molecular weight excluding hydrogens is 596 g/mol. The van der Waals surface area contributed by atoms with Gasteiger partial charge in [0.05, 0.1) is 5.56 Å². The summed E-state index contributed by atoms with van der Waals surface area (Å²) in [6, 6.07) is 16.7. The first kappa shape index (κ1) is 25.1. The van der Waals surface area contributed by atoms with Crippen molar-refractivity contribution in [3.8, 4) is 0 Å². The molecule has 0 atom stereocenters. The Balaban J connectivity index is 0.00000210. The summed E-state index contributed by atoms with van der Waals surface area (Å²) in [5.74, 6) is -0.0214. The Bertz CT molecular complexity index is 981. The number of pyridine rings is 2. The van der Waals surface area contributed by atoms with E-state index in [0.717, 1.165) is 5.56 Å². The van der Waals surface area contributed by atoms with E-state index in [1.807, 2.05) is 77.0 Å². The maximum atomic E-state index is 12.7. The zero-order chi connectivity index (χ0) is 19.1. The lowest BCUT2D eigenvalue weighted by atomic mass is 10.0. The van der Waals surface area contributed by atoms with Crippen molar-refractivity contribution in [3.05, 3.63) is 95.6 Å². The van der Waals surface area contributed by atoms with Crippen LogP contribution in [0.2, 0.25) is 0 Å². The molecule has 0 aliphatic rings. The molecule has 2 aromatic heterocycles. The van der Waals surface area contributed by atoms with Crippen LogP contribution in [0.3, 0.4) is 0 Å². The number of aryl methyl sites for hydroxylation is 1. The van der Waals surface area contributed by atoms with Gasteiger partial charge in [0.25, 0.3) is 13.5 Å². The van der Waals surface area contributed by atoms with Gasteiger partial charge in [0.2, 0.25) is 5.69 Å². The van der Waals surface area contributed by atoms with Gasteiger partial charge in [-0.1, -0.05) is 28.9 Å². The molecule has 0 unspecified atom stereocenters. The molecule has 1 aromatic carbocycles. The standard InChI is InChI=1S/C21H20N3O3.2HI/c1-17-6-4-7-18(12-17)21(25)19-8-5-10-23(14-19)15-27-16-24-11-3-2-9-20(24)13-22-26;;/h2-14H,15-16H2,1H3;2*1H/q+1;;/p-1. The number of rotatable bonds is 7. The number of nitrogens with zero attached hydrogens (tertiary/aromatic N) is 3. The Labute approximate surface area is 203 Å². The van der Waals surface area contributed by atoms with Crippen LogP contribution in [0.1, 0.15) is 27.2 Å². The number of ketones is 1. The third-order valence-electron chi connectivity index (χ3n) is 4.04. The molecule has 0 saturated heterocycles. The second-order valence-electron chi connectivity index (χ2n) is 6.11. The fourth-order valence-electron chi connectivity index (χ4n) is 2.72. The largest absolute Gasteiger partial charge is 1.00 e. The fourth-order valence-corrected chi connectivity index (χ4v) is 2.72. The SMILES string of the molecule is Cc1cccc(C(=O)c2ccc[n+](COC[n+]3ccccc3C=NO)c2)c1.[I-].[I-]. The smallest absolute Gasteiger partial charge is 0.258 e. The topological polar surface area (TPSA) is 66.7 Å². The quantitative estimate of drug-likeness (QED) is 0.0741. The number of carbonyl (C=O) groups excluding carboxylic acids is 1. The Kier molecular flexibility index (Phi) is 10.9. The van der Waals surface area contributed by atoms with E-state index in [1.54, 1.807) is 12.3 Å². The summed E-state index contributed by atoms with van der Waals surface area (Å²) in [7, 11) is 0. The number of carbonyl (C=O) groups is 1. The molecule has 3 rings (SSSR count). The summed E-state index contributed by atoms with van der Waals surface area (Å²) in [5, 5.41) is 11.8. The van der Waals surface area contributed by atoms with Gasteiger partial charge in [0, 0.05) is 23.8 Å². The van der Waals surface area contributed by atoms with Crippen molar-refractivity contribution in [2.75, 3.05) is 0 Å². The second kappa shape index (κ2) is 12.6. The van der Waals surface area contributed by atoms with Crippen molar-refractivity contribution in [2.45, 2.75) is 20.4 Å². The molecule has 0 amide bonds. The molecule has 0 aliphatic heterocycles. The molecule has 0 bridgehead atoms. The highest BCUT2D eigenvalue weighted by molar-refractivity contribution is 6.08. The van der Waals surface area contributed by atoms with Crippen LogP contribution in [-0.2, 0) is 18.2 Å². The zero-order valence-electron chi connectivity index (χ0n) is 15.8. The Morgan fingerprint density at radius 1 is 1.03 bits per heavy atom. The van der Waals surface area contributed by atoms with Crippen molar-refractivity contribution >= 4 is 12.0 Å². The van der Waals surface area contributed by atoms with Crippen molar-refractivity contribution in [2.24, 2.45) is 5.16 Å². The van der Waals surface area contributed by atoms with Gasteiger partial charge in [-0.3, -0.25) is 9.53 Å². The highest BCUT2D eigenvalue weighted by Gasteiger charge is 2.14. The van der Waals surface area contributed by atoms with Crippen molar-refractivity contribution < 1.29 is 71.8 Å². The highest BCUT2D eigenvalue weighted by Crippen LogP contribution is 2.10. The van der Waals surface area contributed by atoms with Crippen LogP contribution >= 0.6 is 0 Å². The fraction of sp³-hybridized carbons (Fsp3) is 0.143. The van der Waals surface area contributed by atoms with E-state index >= 15 is 0 Å². The monoisotopic (exact) mass is 617 g/mol. The van der Waals surface area contributed by atoms with Crippen LogP contribution < -0.4 is 57.1 Å². The molecular formula is C21H21I2N3O3. The molecule has 1 N–H and O–H groups in total. The van der Waals surface area contributed by atoms with Gasteiger partial charge in [-0.15, -0.1) is 0 Å². The minimum atomic E-state index is -0.0214. The maximum Gasteiger partial charge on any atom is 0.258 e. The number of ether oxygens (including phenoxy) is 1. The number of benzene rings is 1. The lowest BCUT2D eigenvalue weighted by Gasteiger charge is -2.03. The number of halogens is 2. The normalized spacial score (nSPS) is 10.2. The predicted molar refractivity (Wildman–Crippen MR) is 98.4 cm³/mol. The molecule has 0 saturated carbocycles. The Hall–Kier alpha value is -1.92. The molecule has 6 nitrogen and oxygen atoms in total. The molecule has 0 fully saturated rings. The summed E-state index contributed by atoms with van der Waals surface area (Å²) in [4.78, 5) is 12.7. The van der Waals surface area contributed by atoms with Gasteiger partial charge in [-0.2, -0.15) is 9.13 Å². The minimum absolute atomic E-state index is 0. The summed E-state index contributed by atoms with van der Waals surface area (Å²) < 4.78 is 9.34. The van der Waals surface area contributed by atoms with E-state index in [9.17, 15) is 4.79 Å². The first-order valence-electron chi connectivity index (χ1n) is 8.51. The van der Waals surface area contributed by atoms with E-state index in [4.69, 9.17) is 9.94 Å². The van der Waals surface area contributed by atoms with Crippen molar-refractivity contribution in [3.63, 3.8) is 0 Å². The highest BCUT2D eigenvalue weighted by atomic mass is 127. The van der Waals surface area contributed by atoms with Gasteiger partial charge in [0.15, 0.2) is 24.4 Å². The number of hydrogen-bond donors (Lipinski definition) is 1. The van der Waals surface area contributed by atoms with Crippen LogP contribution in [0.4, 0.5) is 0 Å². The first-order chi connectivity index (χ1) is 13.2. The lowest BCUT2D eigenvalue weighted by molar-refractivity contribution is -0.788. The Morgan fingerprint density at radius 2 is 1.83 bits per heavy atom. The van der Waals surface area contributed by atoms with E-state index in [2.05, 4.69) is 5.16 Å². The minimum Gasteiger partial charge on any atom is -1.00 e. The average Bonchev–Trinajstić information content (AvgIpc) is 2.69. The molecule has 3 aromatic rings. The third-order valence-corrected chi connectivity index (χ3v) is 4.04. The summed E-state index contributed by atoms with van der Waals surface area (Å²) in [6.07, 6.45) is 6.80. The molecule has 29 heavy (non-hydrogen) atoms. The Morgan fingerprint density at radius 3 is 2.59 bits per heavy atom. The van der Waals surface area contributed by atoms with Crippen molar-refractivity contribution in [1.82, 2.24) is 0 Å². The van der Waals surface area contributed by atoms with Gasteiger partial charge >= 0.3 is 0 Å². The first-order valence-corrected chi connectivity index (χ1v) is 8.51. The van der Waals surface area contributed by atoms with Gasteiger partial charge in [-0.05, 0) is 25.1 Å². The van der Waals surface area contributed by atoms with Crippen molar-refractivity contribution in [1.29, 1.82) is 0 Å². The van der Waals surface area contributed by atoms with Gasteiger partial charge < -0.3 is 53.2 Å². The van der Waals surface area contributed by atoms with Crippen LogP contribution in [0.15, 0.2) is 78.3 Å². The number of hydrogen-bond acceptors (Lipinski definition) is 4. The van der Waals surface area contributed by atoms with Crippen LogP contribution in [0.25, 0.3) is 0 Å². The van der Waals surface area contributed by atoms with E-state index in [1.165, 1.54) is 6.21 Å². The van der Waals surface area contributed by atoms with E-state index in [0.29, 0.717) is 16.8 Å². The molecule has 0 radical (unpaired) electrons. The lowest BCUT2D eigenvalue weighted by Crippen LogP contribution is -3.00. The van der Waals surface area contributed by atoms with Gasteiger partial charge in [-0.25, -0.2) is 0 Å². The summed E-state index contributed by atoms with van der Waals surface area (Å²) in [6.45, 7) is 2.53. The van der Waals surface area contributed by atoms with Crippen LogP contribution in [0.5, 0.6) is 0 Å². The van der Waals surface area contributed by atoms with E-state index in [-0.39, 0.29) is 67.2 Å². The maximum absolute atomic E-state index is 12.7. The van der Waals surface area contributed by atoms with Crippen LogP contribution in [-0.4, -0.2) is 17.2 Å².